The lowest BCUT2D eigenvalue weighted by Gasteiger charge is -2.43. The molecule has 3 aliphatic heterocycles. The number of carbonyl (C=O) groups is 1. The van der Waals surface area contributed by atoms with Gasteiger partial charge in [0.2, 0.25) is 5.91 Å². The van der Waals surface area contributed by atoms with Gasteiger partial charge in [-0.1, -0.05) is 27.5 Å². The molecule has 1 atom stereocenters. The zero-order chi connectivity index (χ0) is 26.9. The lowest BCUT2D eigenvalue weighted by atomic mass is 9.78. The van der Waals surface area contributed by atoms with Gasteiger partial charge in [-0.3, -0.25) is 14.7 Å². The Labute approximate surface area is 254 Å². The van der Waals surface area contributed by atoms with E-state index < -0.39 is 0 Å². The molecule has 39 heavy (non-hydrogen) atoms. The number of rotatable bonds is 4. The molecule has 6 rings (SSSR count). The first kappa shape index (κ1) is 28.1. The molecule has 0 spiro atoms. The van der Waals surface area contributed by atoms with Crippen molar-refractivity contribution in [2.45, 2.75) is 63.8 Å². The van der Waals surface area contributed by atoms with Crippen LogP contribution < -0.4 is 5.32 Å². The van der Waals surface area contributed by atoms with Gasteiger partial charge >= 0.3 is 0 Å². The Balaban J connectivity index is 1.11. The van der Waals surface area contributed by atoms with Crippen molar-refractivity contribution in [2.75, 3.05) is 39.3 Å². The van der Waals surface area contributed by atoms with Crippen molar-refractivity contribution in [1.29, 1.82) is 0 Å². The molecule has 0 radical (unpaired) electrons. The standard InChI is InChI=1S/C31H39Br2ClN4O/c32-25-16-24-2-1-23-17-26(34)18-27(33)29(23)31(30(24)36-19-25)38-13-7-22(8-14-38)21-5-11-37(12-6-21)28(39)15-20-3-9-35-10-4-20/h16-22,31,35H,1-15H2. The van der Waals surface area contributed by atoms with Crippen molar-refractivity contribution in [2.24, 2.45) is 17.8 Å². The van der Waals surface area contributed by atoms with E-state index in [-0.39, 0.29) is 6.04 Å². The second-order valence-corrected chi connectivity index (χ2v) is 14.3. The third-order valence-electron chi connectivity index (χ3n) is 9.76. The number of amides is 1. The smallest absolute Gasteiger partial charge is 0.222 e. The van der Waals surface area contributed by atoms with Gasteiger partial charge in [-0.05, 0) is 146 Å². The summed E-state index contributed by atoms with van der Waals surface area (Å²) in [4.78, 5) is 22.8. The maximum Gasteiger partial charge on any atom is 0.222 e. The molecule has 4 heterocycles. The largest absolute Gasteiger partial charge is 0.343 e. The summed E-state index contributed by atoms with van der Waals surface area (Å²) in [5.41, 5.74) is 5.19. The van der Waals surface area contributed by atoms with Crippen LogP contribution in [0.5, 0.6) is 0 Å². The number of aryl methyl sites for hydroxylation is 2. The van der Waals surface area contributed by atoms with Crippen LogP contribution in [0.25, 0.3) is 0 Å². The molecule has 8 heteroatoms. The number of pyridine rings is 1. The third kappa shape index (κ3) is 6.28. The maximum absolute atomic E-state index is 12.9. The van der Waals surface area contributed by atoms with Gasteiger partial charge in [-0.25, -0.2) is 0 Å². The molecule has 1 amide bonds. The molecule has 1 aromatic carbocycles. The van der Waals surface area contributed by atoms with Gasteiger partial charge in [-0.2, -0.15) is 0 Å². The Bertz CT molecular complexity index is 1190. The molecule has 3 fully saturated rings. The first-order valence-electron chi connectivity index (χ1n) is 14.8. The van der Waals surface area contributed by atoms with Gasteiger partial charge in [0.25, 0.3) is 0 Å². The number of hydrogen-bond acceptors (Lipinski definition) is 4. The zero-order valence-corrected chi connectivity index (χ0v) is 26.5. The van der Waals surface area contributed by atoms with Crippen LogP contribution in [0.2, 0.25) is 5.02 Å². The van der Waals surface area contributed by atoms with Gasteiger partial charge in [0.05, 0.1) is 11.7 Å². The summed E-state index contributed by atoms with van der Waals surface area (Å²) in [6.45, 7) is 6.19. The van der Waals surface area contributed by atoms with Gasteiger partial charge in [-0.15, -0.1) is 0 Å². The van der Waals surface area contributed by atoms with E-state index in [4.69, 9.17) is 16.6 Å². The molecular formula is C31H39Br2ClN4O. The summed E-state index contributed by atoms with van der Waals surface area (Å²) < 4.78 is 2.14. The van der Waals surface area contributed by atoms with Crippen LogP contribution in [0.3, 0.4) is 0 Å². The van der Waals surface area contributed by atoms with Crippen LogP contribution in [-0.2, 0) is 17.6 Å². The number of aromatic nitrogens is 1. The third-order valence-corrected chi connectivity index (χ3v) is 11.1. The van der Waals surface area contributed by atoms with Crippen LogP contribution in [0.15, 0.2) is 33.3 Å². The minimum atomic E-state index is 0.146. The minimum Gasteiger partial charge on any atom is -0.343 e. The molecule has 4 aliphatic rings. The van der Waals surface area contributed by atoms with E-state index in [2.05, 4.69) is 59.1 Å². The number of fused-ring (bicyclic) bond motifs is 2. The fourth-order valence-electron chi connectivity index (χ4n) is 7.58. The average molecular weight is 679 g/mol. The minimum absolute atomic E-state index is 0.146. The molecule has 1 aliphatic carbocycles. The summed E-state index contributed by atoms with van der Waals surface area (Å²) in [7, 11) is 0. The highest BCUT2D eigenvalue weighted by Gasteiger charge is 2.37. The van der Waals surface area contributed by atoms with Crippen LogP contribution in [-0.4, -0.2) is 60.0 Å². The summed E-state index contributed by atoms with van der Waals surface area (Å²) in [6, 6.07) is 6.60. The summed E-state index contributed by atoms with van der Waals surface area (Å²) in [5.74, 6) is 2.46. The summed E-state index contributed by atoms with van der Waals surface area (Å²) >= 11 is 14.0. The quantitative estimate of drug-likeness (QED) is 0.387. The summed E-state index contributed by atoms with van der Waals surface area (Å²) in [5, 5.41) is 4.20. The first-order valence-corrected chi connectivity index (χ1v) is 16.8. The predicted molar refractivity (Wildman–Crippen MR) is 164 cm³/mol. The highest BCUT2D eigenvalue weighted by Crippen LogP contribution is 2.44. The predicted octanol–water partition coefficient (Wildman–Crippen LogP) is 6.79. The van der Waals surface area contributed by atoms with E-state index in [1.807, 2.05) is 12.3 Å². The monoisotopic (exact) mass is 676 g/mol. The number of nitrogens with one attached hydrogen (secondary N) is 1. The van der Waals surface area contributed by atoms with Crippen molar-refractivity contribution in [1.82, 2.24) is 20.1 Å². The molecule has 2 aromatic rings. The number of nitrogens with zero attached hydrogens (tertiary/aromatic N) is 3. The van der Waals surface area contributed by atoms with Crippen molar-refractivity contribution in [3.8, 4) is 0 Å². The Hall–Kier alpha value is -0.990. The van der Waals surface area contributed by atoms with E-state index in [1.165, 1.54) is 35.2 Å². The molecule has 1 aromatic heterocycles. The highest BCUT2D eigenvalue weighted by molar-refractivity contribution is 9.10. The van der Waals surface area contributed by atoms with Gasteiger partial charge in [0, 0.05) is 39.7 Å². The second kappa shape index (κ2) is 12.5. The summed E-state index contributed by atoms with van der Waals surface area (Å²) in [6.07, 6.45) is 11.7. The van der Waals surface area contributed by atoms with E-state index >= 15 is 0 Å². The van der Waals surface area contributed by atoms with E-state index in [0.717, 1.165) is 110 Å². The number of carbonyl (C=O) groups excluding carboxylic acids is 1. The lowest BCUT2D eigenvalue weighted by molar-refractivity contribution is -0.134. The Morgan fingerprint density at radius 1 is 0.923 bits per heavy atom. The van der Waals surface area contributed by atoms with E-state index in [1.54, 1.807) is 0 Å². The normalized spacial score (nSPS) is 23.8. The van der Waals surface area contributed by atoms with Crippen LogP contribution in [0.4, 0.5) is 0 Å². The molecule has 210 valence electrons. The van der Waals surface area contributed by atoms with Crippen molar-refractivity contribution in [3.63, 3.8) is 0 Å². The van der Waals surface area contributed by atoms with E-state index in [9.17, 15) is 4.79 Å². The average Bonchev–Trinajstić information content (AvgIpc) is 3.10. The number of likely N-dealkylation sites (tertiary alicyclic amines) is 2. The number of benzene rings is 1. The van der Waals surface area contributed by atoms with E-state index in [0.29, 0.717) is 11.8 Å². The molecule has 1 unspecified atom stereocenters. The highest BCUT2D eigenvalue weighted by atomic mass is 79.9. The van der Waals surface area contributed by atoms with Crippen molar-refractivity contribution in [3.05, 3.63) is 60.7 Å². The Kier molecular flexibility index (Phi) is 9.01. The van der Waals surface area contributed by atoms with Crippen LogP contribution in [0.1, 0.15) is 73.4 Å². The van der Waals surface area contributed by atoms with Crippen molar-refractivity contribution < 1.29 is 4.79 Å². The fraction of sp³-hybridized carbons (Fsp3) is 0.613. The number of halogens is 3. The Morgan fingerprint density at radius 3 is 2.31 bits per heavy atom. The maximum atomic E-state index is 12.9. The first-order chi connectivity index (χ1) is 19.0. The fourth-order valence-corrected chi connectivity index (χ4v) is 9.05. The molecule has 0 saturated carbocycles. The SMILES string of the molecule is O=C(CC1CCNCC1)N1CCC(C2CCN(C3c4ncc(Br)cc4CCc4cc(Cl)cc(Br)c43)CC2)CC1. The topological polar surface area (TPSA) is 48.5 Å². The van der Waals surface area contributed by atoms with Gasteiger partial charge in [0.15, 0.2) is 0 Å². The number of piperidine rings is 3. The molecule has 0 bridgehead atoms. The number of hydrogen-bond donors (Lipinski definition) is 1. The van der Waals surface area contributed by atoms with Crippen LogP contribution >= 0.6 is 43.5 Å². The molecular weight excluding hydrogens is 640 g/mol. The molecule has 3 saturated heterocycles. The lowest BCUT2D eigenvalue weighted by Crippen LogP contribution is -2.44. The van der Waals surface area contributed by atoms with Gasteiger partial charge in [0.1, 0.15) is 0 Å². The van der Waals surface area contributed by atoms with Crippen molar-refractivity contribution >= 4 is 49.4 Å². The molecule has 5 nitrogen and oxygen atoms in total. The van der Waals surface area contributed by atoms with Crippen LogP contribution in [0, 0.1) is 17.8 Å². The zero-order valence-electron chi connectivity index (χ0n) is 22.6. The molecule has 1 N–H and O–H groups in total. The second-order valence-electron chi connectivity index (χ2n) is 12.0. The Morgan fingerprint density at radius 2 is 1.59 bits per heavy atom. The van der Waals surface area contributed by atoms with Gasteiger partial charge < -0.3 is 10.2 Å².